The van der Waals surface area contributed by atoms with E-state index >= 15 is 0 Å². The van der Waals surface area contributed by atoms with Gasteiger partial charge in [-0.3, -0.25) is 4.57 Å². The third-order valence-corrected chi connectivity index (χ3v) is 2.58. The minimum atomic E-state index is -2.56. The Kier molecular flexibility index (Phi) is 1.98. The maximum Gasteiger partial charge on any atom is 0.280 e. The summed E-state index contributed by atoms with van der Waals surface area (Å²) in [4.78, 5) is 0. The maximum absolute atomic E-state index is 12.7. The largest absolute Gasteiger partial charge is 0.295 e. The number of alkyl halides is 2. The lowest BCUT2D eigenvalue weighted by Crippen LogP contribution is -2.09. The molecule has 16 heavy (non-hydrogen) atoms. The molecule has 0 saturated heterocycles. The first-order valence-corrected chi connectivity index (χ1v) is 4.99. The zero-order valence-electron chi connectivity index (χ0n) is 8.29. The molecule has 0 aromatic carbocycles. The first kappa shape index (κ1) is 9.44. The molecule has 0 spiro atoms. The van der Waals surface area contributed by atoms with Crippen LogP contribution < -0.4 is 0 Å². The van der Waals surface area contributed by atoms with E-state index < -0.39 is 6.43 Å². The molecule has 2 heterocycles. The van der Waals surface area contributed by atoms with E-state index in [1.54, 1.807) is 10.9 Å². The van der Waals surface area contributed by atoms with E-state index in [0.717, 1.165) is 17.5 Å². The summed E-state index contributed by atoms with van der Waals surface area (Å²) in [6.07, 6.45) is 2.41. The van der Waals surface area contributed by atoms with Gasteiger partial charge in [-0.25, -0.2) is 8.78 Å². The molecule has 1 fully saturated rings. The molecule has 1 aliphatic rings. The van der Waals surface area contributed by atoms with Crippen molar-refractivity contribution in [3.63, 3.8) is 0 Å². The molecule has 0 atom stereocenters. The van der Waals surface area contributed by atoms with E-state index in [0.29, 0.717) is 12.0 Å². The molecule has 2 aromatic heterocycles. The first-order chi connectivity index (χ1) is 7.77. The minimum Gasteiger partial charge on any atom is -0.295 e. The second kappa shape index (κ2) is 3.36. The average Bonchev–Trinajstić information content (AvgIpc) is 2.82. The highest BCUT2D eigenvalue weighted by molar-refractivity contribution is 5.18. The summed E-state index contributed by atoms with van der Waals surface area (Å²) < 4.78 is 28.3. The van der Waals surface area contributed by atoms with Gasteiger partial charge in [-0.05, 0) is 18.9 Å². The molecule has 2 aromatic rings. The topological polar surface area (TPSA) is 48.5 Å². The number of hydrogen-bond donors (Lipinski definition) is 0. The molecular weight excluding hydrogens is 216 g/mol. The zero-order chi connectivity index (χ0) is 11.1. The van der Waals surface area contributed by atoms with Crippen LogP contribution in [-0.2, 0) is 0 Å². The van der Waals surface area contributed by atoms with Gasteiger partial charge in [0.15, 0.2) is 0 Å². The second-order valence-corrected chi connectivity index (χ2v) is 3.74. The molecule has 0 unspecified atom stereocenters. The number of nitrogens with zero attached hydrogens (tertiary/aromatic N) is 5. The lowest BCUT2D eigenvalue weighted by molar-refractivity contribution is 0.142. The lowest BCUT2D eigenvalue weighted by atomic mass is 10.4. The van der Waals surface area contributed by atoms with Crippen molar-refractivity contribution in [2.24, 2.45) is 0 Å². The Balaban J connectivity index is 2.07. The predicted octanol–water partition coefficient (Wildman–Crippen LogP) is 1.74. The van der Waals surface area contributed by atoms with Crippen molar-refractivity contribution in [2.75, 3.05) is 0 Å². The maximum atomic E-state index is 12.7. The van der Waals surface area contributed by atoms with Crippen molar-refractivity contribution in [2.45, 2.75) is 25.3 Å². The van der Waals surface area contributed by atoms with Crippen molar-refractivity contribution in [1.82, 2.24) is 24.5 Å². The molecule has 1 saturated carbocycles. The summed E-state index contributed by atoms with van der Waals surface area (Å²) in [5.41, 5.74) is -0.157. The van der Waals surface area contributed by atoms with Gasteiger partial charge in [0.1, 0.15) is 12.0 Å². The van der Waals surface area contributed by atoms with Crippen LogP contribution in [-0.4, -0.2) is 24.5 Å². The van der Waals surface area contributed by atoms with E-state index in [9.17, 15) is 8.78 Å². The van der Waals surface area contributed by atoms with Gasteiger partial charge in [0.25, 0.3) is 12.4 Å². The van der Waals surface area contributed by atoms with Crippen LogP contribution >= 0.6 is 0 Å². The van der Waals surface area contributed by atoms with Crippen LogP contribution in [0, 0.1) is 0 Å². The standard InChI is InChI=1S/C9H9F2N5/c10-8(11)7-3-4-13-16(7)9-14-12-5-15(9)6-1-2-6/h3-6,8H,1-2H2. The van der Waals surface area contributed by atoms with Gasteiger partial charge in [-0.1, -0.05) is 0 Å². The Morgan fingerprint density at radius 3 is 2.88 bits per heavy atom. The van der Waals surface area contributed by atoms with Gasteiger partial charge < -0.3 is 0 Å². The summed E-state index contributed by atoms with van der Waals surface area (Å²) >= 11 is 0. The Labute approximate surface area is 89.7 Å². The average molecular weight is 225 g/mol. The number of aromatic nitrogens is 5. The molecule has 5 nitrogen and oxygen atoms in total. The molecule has 0 radical (unpaired) electrons. The van der Waals surface area contributed by atoms with Gasteiger partial charge in [0, 0.05) is 12.2 Å². The Morgan fingerprint density at radius 1 is 1.38 bits per heavy atom. The SMILES string of the molecule is FC(F)c1ccnn1-c1nncn1C1CC1. The normalized spacial score (nSPS) is 15.9. The molecule has 0 N–H and O–H groups in total. The van der Waals surface area contributed by atoms with Crippen molar-refractivity contribution < 1.29 is 8.78 Å². The van der Waals surface area contributed by atoms with Gasteiger partial charge in [0.05, 0.1) is 0 Å². The van der Waals surface area contributed by atoms with E-state index in [2.05, 4.69) is 15.3 Å². The van der Waals surface area contributed by atoms with Crippen LogP contribution in [0.15, 0.2) is 18.6 Å². The highest BCUT2D eigenvalue weighted by atomic mass is 19.3. The number of hydrogen-bond acceptors (Lipinski definition) is 3. The highest BCUT2D eigenvalue weighted by Gasteiger charge is 2.28. The lowest BCUT2D eigenvalue weighted by Gasteiger charge is -2.07. The minimum absolute atomic E-state index is 0.157. The second-order valence-electron chi connectivity index (χ2n) is 3.74. The van der Waals surface area contributed by atoms with Crippen molar-refractivity contribution >= 4 is 0 Å². The van der Waals surface area contributed by atoms with E-state index in [1.807, 2.05) is 0 Å². The summed E-state index contributed by atoms with van der Waals surface area (Å²) in [6, 6.07) is 1.62. The van der Waals surface area contributed by atoms with Crippen LogP contribution in [0.4, 0.5) is 8.78 Å². The number of rotatable bonds is 3. The third-order valence-electron chi connectivity index (χ3n) is 2.58. The summed E-state index contributed by atoms with van der Waals surface area (Å²) in [5.74, 6) is 0.364. The summed E-state index contributed by atoms with van der Waals surface area (Å²) in [5, 5.41) is 11.5. The van der Waals surface area contributed by atoms with Crippen molar-refractivity contribution in [1.29, 1.82) is 0 Å². The zero-order valence-corrected chi connectivity index (χ0v) is 8.29. The van der Waals surface area contributed by atoms with E-state index in [1.165, 1.54) is 12.3 Å². The Hall–Kier alpha value is -1.79. The fourth-order valence-corrected chi connectivity index (χ4v) is 1.64. The Bertz CT molecular complexity index is 461. The molecule has 0 bridgehead atoms. The molecule has 1 aliphatic carbocycles. The first-order valence-electron chi connectivity index (χ1n) is 4.99. The third kappa shape index (κ3) is 1.39. The van der Waals surface area contributed by atoms with Crippen LogP contribution in [0.5, 0.6) is 0 Å². The van der Waals surface area contributed by atoms with Gasteiger partial charge in [-0.15, -0.1) is 10.2 Å². The Morgan fingerprint density at radius 2 is 2.19 bits per heavy atom. The van der Waals surface area contributed by atoms with Crippen molar-refractivity contribution in [3.05, 3.63) is 24.3 Å². The highest BCUT2D eigenvalue weighted by Crippen LogP contribution is 2.36. The van der Waals surface area contributed by atoms with E-state index in [-0.39, 0.29) is 5.69 Å². The molecule has 7 heteroatoms. The van der Waals surface area contributed by atoms with E-state index in [4.69, 9.17) is 0 Å². The van der Waals surface area contributed by atoms with Crippen LogP contribution in [0.1, 0.15) is 31.0 Å². The fourth-order valence-electron chi connectivity index (χ4n) is 1.64. The molecular formula is C9H9F2N5. The van der Waals surface area contributed by atoms with Gasteiger partial charge in [0.2, 0.25) is 0 Å². The summed E-state index contributed by atoms with van der Waals surface area (Å²) in [7, 11) is 0. The molecule has 84 valence electrons. The van der Waals surface area contributed by atoms with Crippen LogP contribution in [0.3, 0.4) is 0 Å². The van der Waals surface area contributed by atoms with Crippen molar-refractivity contribution in [3.8, 4) is 5.95 Å². The van der Waals surface area contributed by atoms with Crippen LogP contribution in [0.2, 0.25) is 0 Å². The molecule has 0 aliphatic heterocycles. The molecule has 3 rings (SSSR count). The van der Waals surface area contributed by atoms with Gasteiger partial charge in [-0.2, -0.15) is 9.78 Å². The van der Waals surface area contributed by atoms with Gasteiger partial charge >= 0.3 is 0 Å². The predicted molar refractivity (Wildman–Crippen MR) is 50.4 cm³/mol. The fraction of sp³-hybridized carbons (Fsp3) is 0.444. The monoisotopic (exact) mass is 225 g/mol. The molecule has 0 amide bonds. The summed E-state index contributed by atoms with van der Waals surface area (Å²) in [6.45, 7) is 0. The smallest absolute Gasteiger partial charge is 0.280 e. The quantitative estimate of drug-likeness (QED) is 0.799. The number of halogens is 2. The van der Waals surface area contributed by atoms with Crippen LogP contribution in [0.25, 0.3) is 5.95 Å².